The molecule has 3 N–H and O–H groups in total. The zero-order valence-electron chi connectivity index (χ0n) is 25.9. The molecule has 3 atom stereocenters. The van der Waals surface area contributed by atoms with E-state index in [1.807, 2.05) is 26.0 Å². The number of carbonyl (C=O) groups is 1. The minimum Gasteiger partial charge on any atom is -0.488 e. The zero-order chi connectivity index (χ0) is 29.1. The van der Waals surface area contributed by atoms with E-state index < -0.39 is 25.4 Å². The number of hydrogen-bond acceptors (Lipinski definition) is 5. The SMILES string of the molecule is CCCCCc1c[c-]c(C2CC(C)=CCC2(N)[C-](C)C)c(OC(=O)C2(O[PH](=O)O)CCCC2)c1.[CH2-]CCCC.[U+2].[U]. The van der Waals surface area contributed by atoms with Gasteiger partial charge in [0.15, 0.2) is 5.60 Å². The van der Waals surface area contributed by atoms with Crippen LogP contribution in [-0.2, 0) is 20.3 Å². The van der Waals surface area contributed by atoms with Gasteiger partial charge in [-0.3, -0.25) is 15.0 Å². The maximum Gasteiger partial charge on any atom is 2.00 e. The fourth-order valence-corrected chi connectivity index (χ4v) is 6.12. The van der Waals surface area contributed by atoms with Crippen LogP contribution in [-0.4, -0.2) is 22.0 Å². The van der Waals surface area contributed by atoms with Crippen molar-refractivity contribution in [2.45, 2.75) is 135 Å². The molecule has 2 aliphatic rings. The van der Waals surface area contributed by atoms with E-state index in [1.54, 1.807) is 0 Å². The molecule has 0 spiro atoms. The van der Waals surface area contributed by atoms with Gasteiger partial charge in [-0.2, -0.15) is 38.0 Å². The summed E-state index contributed by atoms with van der Waals surface area (Å²) in [7, 11) is -3.29. The third-order valence-corrected chi connectivity index (χ3v) is 8.72. The first-order chi connectivity index (χ1) is 18.5. The molecule has 0 aliphatic heterocycles. The molecule has 0 bridgehead atoms. The molecular formula is C32H51NO5PU2-. The molecule has 1 saturated carbocycles. The van der Waals surface area contributed by atoms with Crippen molar-refractivity contribution in [3.8, 4) is 5.75 Å². The summed E-state index contributed by atoms with van der Waals surface area (Å²) in [5.41, 5.74) is 8.11. The van der Waals surface area contributed by atoms with Gasteiger partial charge in [-0.15, -0.1) is 11.6 Å². The van der Waals surface area contributed by atoms with E-state index in [9.17, 15) is 14.3 Å². The first-order valence-electron chi connectivity index (χ1n) is 14.8. The van der Waals surface area contributed by atoms with Crippen molar-refractivity contribution < 1.29 is 85.7 Å². The number of hydrogen-bond donors (Lipinski definition) is 2. The molecule has 0 radical (unpaired) electrons. The Bertz CT molecular complexity index is 979. The summed E-state index contributed by atoms with van der Waals surface area (Å²) in [4.78, 5) is 22.9. The normalized spacial score (nSPS) is 22.0. The van der Waals surface area contributed by atoms with Crippen LogP contribution >= 0.6 is 8.25 Å². The Kier molecular flexibility index (Phi) is 21.0. The summed E-state index contributed by atoms with van der Waals surface area (Å²) in [6.07, 6.45) is 13.7. The maximum absolute atomic E-state index is 13.4. The molecule has 0 heterocycles. The monoisotopic (exact) mass is 1040 g/mol. The molecule has 1 aromatic rings. The molecule has 3 unspecified atom stereocenters. The largest absolute Gasteiger partial charge is 2.00 e. The molecule has 41 heavy (non-hydrogen) atoms. The van der Waals surface area contributed by atoms with E-state index in [0.717, 1.165) is 68.4 Å². The van der Waals surface area contributed by atoms with Gasteiger partial charge in [-0.1, -0.05) is 69.6 Å². The maximum atomic E-state index is 13.4. The van der Waals surface area contributed by atoms with Crippen molar-refractivity contribution in [3.05, 3.63) is 53.8 Å². The van der Waals surface area contributed by atoms with Gasteiger partial charge in [0, 0.05) is 36.9 Å². The van der Waals surface area contributed by atoms with Crippen molar-refractivity contribution in [2.75, 3.05) is 0 Å². The third kappa shape index (κ3) is 12.2. The Morgan fingerprint density at radius 3 is 2.37 bits per heavy atom. The number of nitrogens with two attached hydrogens (primary N) is 1. The number of rotatable bonds is 12. The Balaban J connectivity index is 0.00000210. The van der Waals surface area contributed by atoms with Crippen LogP contribution in [0.3, 0.4) is 0 Å². The molecule has 1 fully saturated rings. The van der Waals surface area contributed by atoms with Gasteiger partial charge in [-0.05, 0) is 51.4 Å². The van der Waals surface area contributed by atoms with Crippen LogP contribution in [0.4, 0.5) is 0 Å². The number of allylic oxidation sites excluding steroid dienone is 1. The van der Waals surface area contributed by atoms with E-state index in [0.29, 0.717) is 25.0 Å². The molecule has 2 aliphatic carbocycles. The van der Waals surface area contributed by atoms with Crippen LogP contribution in [0.1, 0.15) is 129 Å². The summed E-state index contributed by atoms with van der Waals surface area (Å²) in [6.45, 7) is 14.2. The number of benzene rings is 1. The predicted molar refractivity (Wildman–Crippen MR) is 160 cm³/mol. The van der Waals surface area contributed by atoms with Crippen molar-refractivity contribution in [3.63, 3.8) is 0 Å². The quantitative estimate of drug-likeness (QED) is 0.0551. The molecule has 1 aromatic carbocycles. The molecule has 3 rings (SSSR count). The molecule has 6 nitrogen and oxygen atoms in total. The van der Waals surface area contributed by atoms with Crippen molar-refractivity contribution >= 4 is 14.2 Å². The molecule has 9 heteroatoms. The molecule has 0 saturated heterocycles. The summed E-state index contributed by atoms with van der Waals surface area (Å²) in [5, 5.41) is 0. The predicted octanol–water partition coefficient (Wildman–Crippen LogP) is 7.98. The smallest absolute Gasteiger partial charge is 0.488 e. The van der Waals surface area contributed by atoms with E-state index in [2.05, 4.69) is 39.8 Å². The molecule has 228 valence electrons. The van der Waals surface area contributed by atoms with Crippen molar-refractivity contribution in [2.24, 2.45) is 5.73 Å². The van der Waals surface area contributed by atoms with Crippen LogP contribution in [0.2, 0.25) is 0 Å². The standard InChI is InChI=1S/C27H40NO5P.C5H11.2U/c1-5-6-7-10-21-11-12-22(23-17-20(4)13-16-27(23,28)19(2)3)24(18-21)32-25(29)26(33-34(30)31)14-8-9-15-26;1-3-5-4-2;;/h11,13,18,23,34H,5-10,14-17,28H2,1-4H3,(H,30,31);1,3-5H2,2H3;;/q-2;-1;;+2. The van der Waals surface area contributed by atoms with Gasteiger partial charge in [0.05, 0.1) is 0 Å². The van der Waals surface area contributed by atoms with Crippen LogP contribution < -0.4 is 10.5 Å². The van der Waals surface area contributed by atoms with Gasteiger partial charge in [-0.25, -0.2) is 4.79 Å². The third-order valence-electron chi connectivity index (χ3n) is 8.15. The number of esters is 1. The summed E-state index contributed by atoms with van der Waals surface area (Å²) >= 11 is 0. The van der Waals surface area contributed by atoms with Crippen LogP contribution in [0.15, 0.2) is 23.8 Å². The van der Waals surface area contributed by atoms with Gasteiger partial charge >= 0.3 is 45.3 Å². The average molecular weight is 1040 g/mol. The Hall–Kier alpha value is 0.644. The first-order valence-corrected chi connectivity index (χ1v) is 16.0. The second-order valence-corrected chi connectivity index (χ2v) is 12.2. The fraction of sp³-hybridized carbons (Fsp3) is 0.656. The minimum atomic E-state index is -3.29. The van der Waals surface area contributed by atoms with Crippen molar-refractivity contribution in [1.29, 1.82) is 0 Å². The minimum absolute atomic E-state index is 0. The van der Waals surface area contributed by atoms with Crippen LogP contribution in [0.5, 0.6) is 5.75 Å². The first kappa shape index (κ1) is 41.6. The molecular weight excluding hydrogens is 985 g/mol. The summed E-state index contributed by atoms with van der Waals surface area (Å²) < 4.78 is 22.9. The van der Waals surface area contributed by atoms with Gasteiger partial charge < -0.3 is 22.3 Å². The van der Waals surface area contributed by atoms with E-state index in [1.165, 1.54) is 18.4 Å². The van der Waals surface area contributed by atoms with Crippen LogP contribution in [0.25, 0.3) is 0 Å². The van der Waals surface area contributed by atoms with Gasteiger partial charge in [0.25, 0.3) is 0 Å². The molecule has 0 aromatic heterocycles. The summed E-state index contributed by atoms with van der Waals surface area (Å²) in [6, 6.07) is 7.37. The Labute approximate surface area is 297 Å². The number of carbonyl (C=O) groups excluding carboxylic acids is 1. The van der Waals surface area contributed by atoms with E-state index >= 15 is 0 Å². The van der Waals surface area contributed by atoms with Crippen molar-refractivity contribution in [1.82, 2.24) is 0 Å². The van der Waals surface area contributed by atoms with Crippen LogP contribution in [0, 0.1) is 81.1 Å². The average Bonchev–Trinajstić information content (AvgIpc) is 3.36. The van der Waals surface area contributed by atoms with Gasteiger partial charge in [0.1, 0.15) is 0 Å². The number of aryl methyl sites for hydroxylation is 1. The second kappa shape index (κ2) is 20.6. The number of ether oxygens (including phenoxy) is 1. The Morgan fingerprint density at radius 2 is 1.85 bits per heavy atom. The fourth-order valence-electron chi connectivity index (χ4n) is 5.50. The molecule has 0 amide bonds. The topological polar surface area (TPSA) is 98.9 Å². The Morgan fingerprint density at radius 1 is 1.22 bits per heavy atom. The summed E-state index contributed by atoms with van der Waals surface area (Å²) in [5.74, 6) is 0.878. The van der Waals surface area contributed by atoms with E-state index in [-0.39, 0.29) is 68.1 Å². The zero-order valence-corrected chi connectivity index (χ0v) is 35.2. The van der Waals surface area contributed by atoms with Gasteiger partial charge in [0.2, 0.25) is 0 Å². The second-order valence-electron chi connectivity index (χ2n) is 11.5. The number of unbranched alkanes of at least 4 members (excludes halogenated alkanes) is 4. The van der Waals surface area contributed by atoms with E-state index in [4.69, 9.17) is 15.0 Å².